The molecule has 1 aromatic rings. The average molecular weight is 314 g/mol. The average Bonchev–Trinajstić information content (AvgIpc) is 2.95. The predicted octanol–water partition coefficient (Wildman–Crippen LogP) is 3.11. The highest BCUT2D eigenvalue weighted by Gasteiger charge is 2.34. The van der Waals surface area contributed by atoms with Crippen LogP contribution in [0.4, 0.5) is 0 Å². The van der Waals surface area contributed by atoms with E-state index < -0.39 is 0 Å². The van der Waals surface area contributed by atoms with E-state index in [-0.39, 0.29) is 23.9 Å². The van der Waals surface area contributed by atoms with Gasteiger partial charge < -0.3 is 15.6 Å². The monoisotopic (exact) mass is 313 g/mol. The minimum atomic E-state index is -0.183. The summed E-state index contributed by atoms with van der Waals surface area (Å²) in [6, 6.07) is 2.36. The highest BCUT2D eigenvalue weighted by atomic mass is 35.5. The van der Waals surface area contributed by atoms with Crippen molar-refractivity contribution < 1.29 is 4.79 Å². The van der Waals surface area contributed by atoms with Crippen molar-refractivity contribution in [1.29, 1.82) is 0 Å². The lowest BCUT2D eigenvalue weighted by Gasteiger charge is -2.28. The van der Waals surface area contributed by atoms with E-state index in [0.717, 1.165) is 42.6 Å². The number of nitrogens with one attached hydrogen (secondary N) is 1. The van der Waals surface area contributed by atoms with Gasteiger partial charge in [-0.2, -0.15) is 0 Å². The van der Waals surface area contributed by atoms with Crippen molar-refractivity contribution >= 4 is 18.3 Å². The summed E-state index contributed by atoms with van der Waals surface area (Å²) < 4.78 is 2.21. The summed E-state index contributed by atoms with van der Waals surface area (Å²) in [5, 5.41) is 3.20. The minimum Gasteiger partial charge on any atom is -0.346 e. The molecule has 0 unspecified atom stereocenters. The first-order chi connectivity index (χ1) is 9.40. The molecule has 1 aliphatic carbocycles. The fraction of sp³-hybridized carbons (Fsp3) is 0.688. The lowest BCUT2D eigenvalue weighted by molar-refractivity contribution is 0.0902. The Bertz CT molecular complexity index is 502. The molecule has 0 atom stereocenters. The zero-order valence-corrected chi connectivity index (χ0v) is 14.3. The van der Waals surface area contributed by atoms with Crippen LogP contribution in [0.1, 0.15) is 67.3 Å². The molecule has 120 valence electrons. The van der Waals surface area contributed by atoms with E-state index in [4.69, 9.17) is 5.73 Å². The Labute approximate surface area is 133 Å². The second-order valence-electron chi connectivity index (χ2n) is 6.39. The van der Waals surface area contributed by atoms with E-state index in [1.54, 1.807) is 0 Å². The fourth-order valence-corrected chi connectivity index (χ4v) is 3.54. The molecule has 3 N–H and O–H groups in total. The third kappa shape index (κ3) is 3.43. The largest absolute Gasteiger partial charge is 0.346 e. The first-order valence-corrected chi connectivity index (χ1v) is 7.61. The lowest BCUT2D eigenvalue weighted by Crippen LogP contribution is -2.51. The van der Waals surface area contributed by atoms with Crippen LogP contribution in [0.15, 0.2) is 6.07 Å². The lowest BCUT2D eigenvalue weighted by atomic mass is 9.97. The highest BCUT2D eigenvalue weighted by Crippen LogP contribution is 2.29. The van der Waals surface area contributed by atoms with Gasteiger partial charge in [0.15, 0.2) is 0 Å². The Morgan fingerprint density at radius 3 is 2.38 bits per heavy atom. The Morgan fingerprint density at radius 2 is 1.95 bits per heavy atom. The molecule has 5 heteroatoms. The number of carbonyl (C=O) groups is 1. The third-order valence-corrected chi connectivity index (χ3v) is 4.58. The molecule has 1 aromatic heterocycles. The van der Waals surface area contributed by atoms with Crippen molar-refractivity contribution in [2.75, 3.05) is 6.54 Å². The topological polar surface area (TPSA) is 60.1 Å². The van der Waals surface area contributed by atoms with Gasteiger partial charge in [-0.3, -0.25) is 4.79 Å². The molecule has 2 rings (SSSR count). The first kappa shape index (κ1) is 18.1. The summed E-state index contributed by atoms with van der Waals surface area (Å²) in [5.41, 5.74) is 8.68. The van der Waals surface area contributed by atoms with Crippen molar-refractivity contribution in [2.24, 2.45) is 5.73 Å². The standard InChI is InChI=1S/C16H27N3O.ClH/c1-11(2)19-12(3)9-14(13(19)4)15(20)18-16(10-17)7-5-6-8-16;/h9,11H,5-8,10,17H2,1-4H3,(H,18,20);1H. The molecule has 1 heterocycles. The summed E-state index contributed by atoms with van der Waals surface area (Å²) in [4.78, 5) is 12.6. The Morgan fingerprint density at radius 1 is 1.38 bits per heavy atom. The maximum absolute atomic E-state index is 12.6. The van der Waals surface area contributed by atoms with E-state index >= 15 is 0 Å². The maximum atomic E-state index is 12.6. The fourth-order valence-electron chi connectivity index (χ4n) is 3.54. The van der Waals surface area contributed by atoms with Crippen molar-refractivity contribution in [3.63, 3.8) is 0 Å². The van der Waals surface area contributed by atoms with Crippen LogP contribution in [0, 0.1) is 13.8 Å². The number of hydrogen-bond acceptors (Lipinski definition) is 2. The van der Waals surface area contributed by atoms with Gasteiger partial charge >= 0.3 is 0 Å². The molecule has 0 saturated heterocycles. The van der Waals surface area contributed by atoms with Gasteiger partial charge in [0.1, 0.15) is 0 Å². The summed E-state index contributed by atoms with van der Waals surface area (Å²) >= 11 is 0. The molecule has 1 saturated carbocycles. The van der Waals surface area contributed by atoms with Crippen molar-refractivity contribution in [2.45, 2.75) is 65.0 Å². The molecule has 1 amide bonds. The number of rotatable bonds is 4. The van der Waals surface area contributed by atoms with Crippen molar-refractivity contribution in [3.05, 3.63) is 23.0 Å². The number of nitrogens with two attached hydrogens (primary N) is 1. The number of amides is 1. The Hall–Kier alpha value is -1.000. The van der Waals surface area contributed by atoms with Crippen LogP contribution in [0.3, 0.4) is 0 Å². The minimum absolute atomic E-state index is 0. The van der Waals surface area contributed by atoms with Crippen LogP contribution in [0.2, 0.25) is 0 Å². The van der Waals surface area contributed by atoms with Gasteiger partial charge in [-0.25, -0.2) is 0 Å². The molecule has 0 aliphatic heterocycles. The molecular weight excluding hydrogens is 286 g/mol. The van der Waals surface area contributed by atoms with Crippen LogP contribution >= 0.6 is 12.4 Å². The third-order valence-electron chi connectivity index (χ3n) is 4.58. The van der Waals surface area contributed by atoms with Gasteiger partial charge in [0.05, 0.1) is 11.1 Å². The Kier molecular flexibility index (Phi) is 5.88. The number of aromatic nitrogens is 1. The number of nitrogens with zero attached hydrogens (tertiary/aromatic N) is 1. The van der Waals surface area contributed by atoms with E-state index in [0.29, 0.717) is 12.6 Å². The second-order valence-corrected chi connectivity index (χ2v) is 6.39. The van der Waals surface area contributed by atoms with Gasteiger partial charge in [0.2, 0.25) is 0 Å². The number of halogens is 1. The number of carbonyl (C=O) groups excluding carboxylic acids is 1. The van der Waals surface area contributed by atoms with Crippen LogP contribution < -0.4 is 11.1 Å². The van der Waals surface area contributed by atoms with Gasteiger partial charge in [0, 0.05) is 24.0 Å². The van der Waals surface area contributed by atoms with Gasteiger partial charge in [-0.1, -0.05) is 12.8 Å². The zero-order chi connectivity index (χ0) is 14.9. The van der Waals surface area contributed by atoms with Crippen molar-refractivity contribution in [3.8, 4) is 0 Å². The number of aryl methyl sites for hydroxylation is 1. The summed E-state index contributed by atoms with van der Waals surface area (Å²) in [6.45, 7) is 8.88. The quantitative estimate of drug-likeness (QED) is 0.897. The van der Waals surface area contributed by atoms with Gasteiger partial charge in [-0.05, 0) is 46.6 Å². The summed E-state index contributed by atoms with van der Waals surface area (Å²) in [6.07, 6.45) is 4.31. The smallest absolute Gasteiger partial charge is 0.253 e. The summed E-state index contributed by atoms with van der Waals surface area (Å²) in [5.74, 6) is 0.0253. The molecule has 21 heavy (non-hydrogen) atoms. The van der Waals surface area contributed by atoms with Gasteiger partial charge in [-0.15, -0.1) is 12.4 Å². The molecule has 0 bridgehead atoms. The molecule has 0 aromatic carbocycles. The molecule has 0 spiro atoms. The predicted molar refractivity (Wildman–Crippen MR) is 89.3 cm³/mol. The van der Waals surface area contributed by atoms with E-state index in [1.165, 1.54) is 0 Å². The zero-order valence-electron chi connectivity index (χ0n) is 13.5. The Balaban J connectivity index is 0.00000220. The van der Waals surface area contributed by atoms with Gasteiger partial charge in [0.25, 0.3) is 5.91 Å². The first-order valence-electron chi connectivity index (χ1n) is 7.61. The van der Waals surface area contributed by atoms with E-state index in [2.05, 4.69) is 30.7 Å². The van der Waals surface area contributed by atoms with E-state index in [9.17, 15) is 4.79 Å². The highest BCUT2D eigenvalue weighted by molar-refractivity contribution is 5.96. The van der Waals surface area contributed by atoms with Crippen LogP contribution in [0.5, 0.6) is 0 Å². The second kappa shape index (κ2) is 6.84. The summed E-state index contributed by atoms with van der Waals surface area (Å²) in [7, 11) is 0. The van der Waals surface area contributed by atoms with Crippen LogP contribution in [-0.4, -0.2) is 22.6 Å². The van der Waals surface area contributed by atoms with E-state index in [1.807, 2.05) is 13.0 Å². The molecular formula is C16H28ClN3O. The molecule has 1 fully saturated rings. The normalized spacial score (nSPS) is 16.9. The maximum Gasteiger partial charge on any atom is 0.253 e. The van der Waals surface area contributed by atoms with Crippen LogP contribution in [-0.2, 0) is 0 Å². The number of hydrogen-bond donors (Lipinski definition) is 2. The molecule has 1 aliphatic rings. The SMILES string of the molecule is Cc1cc(C(=O)NC2(CN)CCCC2)c(C)n1C(C)C.Cl. The molecule has 4 nitrogen and oxygen atoms in total. The molecule has 0 radical (unpaired) electrons. The van der Waals surface area contributed by atoms with Crippen molar-refractivity contribution in [1.82, 2.24) is 9.88 Å². The van der Waals surface area contributed by atoms with Crippen LogP contribution in [0.25, 0.3) is 0 Å².